The number of hydrogen-bond acceptors (Lipinski definition) is 4. The quantitative estimate of drug-likeness (QED) is 0.694. The van der Waals surface area contributed by atoms with Crippen LogP contribution in [0.15, 0.2) is 17.3 Å². The van der Waals surface area contributed by atoms with Crippen LogP contribution < -0.4 is 10.0 Å². The summed E-state index contributed by atoms with van der Waals surface area (Å²) in [6.07, 6.45) is -1.76. The highest BCUT2D eigenvalue weighted by atomic mass is 32.2. The third kappa shape index (κ3) is 5.88. The second-order valence-electron chi connectivity index (χ2n) is 4.14. The summed E-state index contributed by atoms with van der Waals surface area (Å²) < 4.78 is 62.8. The summed E-state index contributed by atoms with van der Waals surface area (Å²) in [5, 5.41) is 6.39. The lowest BCUT2D eigenvalue weighted by Gasteiger charge is -2.06. The van der Waals surface area contributed by atoms with Gasteiger partial charge in [0.1, 0.15) is 11.4 Å². The fourth-order valence-electron chi connectivity index (χ4n) is 1.41. The fraction of sp³-hybridized carbons (Fsp3) is 0.700. The Hall–Kier alpha value is -1.13. The first-order valence-corrected chi connectivity index (χ1v) is 7.52. The summed E-state index contributed by atoms with van der Waals surface area (Å²) in [6.45, 7) is 2.04. The highest BCUT2D eigenvalue weighted by Crippen LogP contribution is 2.17. The first-order valence-electron chi connectivity index (χ1n) is 6.04. The summed E-state index contributed by atoms with van der Waals surface area (Å²) in [4.78, 5) is -0.280. The normalized spacial score (nSPS) is 12.8. The van der Waals surface area contributed by atoms with Crippen molar-refractivity contribution in [1.29, 1.82) is 0 Å². The Morgan fingerprint density at radius 3 is 2.60 bits per heavy atom. The molecule has 20 heavy (non-hydrogen) atoms. The second-order valence-corrected chi connectivity index (χ2v) is 5.90. The van der Waals surface area contributed by atoms with Crippen molar-refractivity contribution >= 4 is 10.0 Å². The lowest BCUT2D eigenvalue weighted by atomic mass is 10.5. The van der Waals surface area contributed by atoms with E-state index in [0.29, 0.717) is 11.2 Å². The molecule has 0 unspecified atom stereocenters. The maximum Gasteiger partial charge on any atom is 0.408 e. The number of hydrogen-bond donors (Lipinski definition) is 2. The molecule has 0 spiro atoms. The minimum atomic E-state index is -4.44. The monoisotopic (exact) mass is 314 g/mol. The molecular formula is C10H17F3N4O2S. The Labute approximate surface area is 115 Å². The zero-order valence-corrected chi connectivity index (χ0v) is 11.8. The van der Waals surface area contributed by atoms with E-state index >= 15 is 0 Å². The van der Waals surface area contributed by atoms with Crippen molar-refractivity contribution in [2.24, 2.45) is 0 Å². The van der Waals surface area contributed by atoms with Gasteiger partial charge in [0.05, 0.1) is 6.20 Å². The Kier molecular flexibility index (Phi) is 5.96. The smallest absolute Gasteiger partial charge is 0.315 e. The lowest BCUT2D eigenvalue weighted by molar-refractivity contribution is -0.142. The largest absolute Gasteiger partial charge is 0.408 e. The van der Waals surface area contributed by atoms with E-state index in [4.69, 9.17) is 0 Å². The van der Waals surface area contributed by atoms with E-state index in [9.17, 15) is 21.6 Å². The maximum absolute atomic E-state index is 12.1. The van der Waals surface area contributed by atoms with Gasteiger partial charge in [-0.1, -0.05) is 6.92 Å². The molecule has 0 aromatic carbocycles. The first-order chi connectivity index (χ1) is 9.24. The lowest BCUT2D eigenvalue weighted by Crippen LogP contribution is -2.32. The Morgan fingerprint density at radius 1 is 1.30 bits per heavy atom. The molecule has 0 fully saturated rings. The summed E-state index contributed by atoms with van der Waals surface area (Å²) in [6, 6.07) is 0. The van der Waals surface area contributed by atoms with Crippen LogP contribution in [0, 0.1) is 0 Å². The topological polar surface area (TPSA) is 76.0 Å². The number of halogens is 3. The van der Waals surface area contributed by atoms with Crippen LogP contribution in [-0.4, -0.2) is 44.0 Å². The third-order valence-electron chi connectivity index (χ3n) is 2.28. The number of rotatable bonds is 8. The Morgan fingerprint density at radius 2 is 2.00 bits per heavy atom. The second kappa shape index (κ2) is 7.04. The average Bonchev–Trinajstić information content (AvgIpc) is 2.75. The highest BCUT2D eigenvalue weighted by Gasteiger charge is 2.29. The van der Waals surface area contributed by atoms with Gasteiger partial charge < -0.3 is 5.32 Å². The molecule has 2 N–H and O–H groups in total. The van der Waals surface area contributed by atoms with Gasteiger partial charge in [0, 0.05) is 19.3 Å². The molecule has 0 aliphatic carbocycles. The fourth-order valence-corrected chi connectivity index (χ4v) is 2.40. The van der Waals surface area contributed by atoms with Gasteiger partial charge >= 0.3 is 6.18 Å². The van der Waals surface area contributed by atoms with Crippen LogP contribution in [0.25, 0.3) is 0 Å². The number of alkyl halides is 3. The van der Waals surface area contributed by atoms with Crippen molar-refractivity contribution < 1.29 is 21.6 Å². The minimum Gasteiger partial charge on any atom is -0.315 e. The number of sulfonamides is 1. The van der Waals surface area contributed by atoms with Crippen molar-refractivity contribution in [2.45, 2.75) is 31.0 Å². The molecule has 0 bridgehead atoms. The molecule has 0 radical (unpaired) electrons. The number of nitrogens with one attached hydrogen (secondary N) is 2. The van der Waals surface area contributed by atoms with Crippen LogP contribution in [0.5, 0.6) is 0 Å². The summed E-state index contributed by atoms with van der Waals surface area (Å²) in [7, 11) is -3.82. The molecule has 1 rings (SSSR count). The molecule has 116 valence electrons. The van der Waals surface area contributed by atoms with Gasteiger partial charge in [0.15, 0.2) is 0 Å². The Balaban J connectivity index is 2.55. The van der Waals surface area contributed by atoms with Crippen molar-refractivity contribution in [2.75, 3.05) is 19.6 Å². The summed E-state index contributed by atoms with van der Waals surface area (Å²) >= 11 is 0. The van der Waals surface area contributed by atoms with Gasteiger partial charge in [-0.15, -0.1) is 0 Å². The van der Waals surface area contributed by atoms with Crippen LogP contribution in [0.3, 0.4) is 0 Å². The molecule has 1 heterocycles. The summed E-state index contributed by atoms with van der Waals surface area (Å²) in [5.41, 5.74) is 0. The van der Waals surface area contributed by atoms with E-state index in [2.05, 4.69) is 15.1 Å². The maximum atomic E-state index is 12.1. The molecule has 0 aliphatic heterocycles. The van der Waals surface area contributed by atoms with E-state index in [-0.39, 0.29) is 11.4 Å². The van der Waals surface area contributed by atoms with Crippen molar-refractivity contribution in [3.8, 4) is 0 Å². The van der Waals surface area contributed by atoms with E-state index in [1.807, 2.05) is 6.92 Å². The molecule has 6 nitrogen and oxygen atoms in total. The van der Waals surface area contributed by atoms with Gasteiger partial charge in [-0.05, 0) is 13.0 Å². The predicted molar refractivity (Wildman–Crippen MR) is 66.6 cm³/mol. The zero-order valence-electron chi connectivity index (χ0n) is 10.9. The molecule has 10 heteroatoms. The molecule has 0 aliphatic rings. The van der Waals surface area contributed by atoms with Gasteiger partial charge in [-0.25, -0.2) is 13.1 Å². The number of nitrogens with zero attached hydrogens (tertiary/aromatic N) is 2. The molecule has 1 aromatic heterocycles. The van der Waals surface area contributed by atoms with Gasteiger partial charge in [-0.2, -0.15) is 18.3 Å². The molecule has 1 aromatic rings. The van der Waals surface area contributed by atoms with Gasteiger partial charge in [0.25, 0.3) is 0 Å². The predicted octanol–water partition coefficient (Wildman–Crippen LogP) is 0.723. The minimum absolute atomic E-state index is 0.160. The van der Waals surface area contributed by atoms with Crippen LogP contribution >= 0.6 is 0 Å². The van der Waals surface area contributed by atoms with Gasteiger partial charge in [-0.3, -0.25) is 4.68 Å². The molecule has 0 amide bonds. The highest BCUT2D eigenvalue weighted by molar-refractivity contribution is 7.89. The summed E-state index contributed by atoms with van der Waals surface area (Å²) in [5.74, 6) is 0. The van der Waals surface area contributed by atoms with E-state index in [1.165, 1.54) is 0 Å². The van der Waals surface area contributed by atoms with Crippen LogP contribution in [0.2, 0.25) is 0 Å². The van der Waals surface area contributed by atoms with Gasteiger partial charge in [0.2, 0.25) is 10.0 Å². The molecule has 0 saturated carbocycles. The number of aromatic nitrogens is 2. The molecule has 0 saturated heterocycles. The van der Waals surface area contributed by atoms with Crippen LogP contribution in [0.4, 0.5) is 13.2 Å². The van der Waals surface area contributed by atoms with Crippen molar-refractivity contribution in [1.82, 2.24) is 19.8 Å². The third-order valence-corrected chi connectivity index (χ3v) is 3.70. The zero-order chi connectivity index (χ0) is 15.2. The van der Waals surface area contributed by atoms with E-state index in [1.54, 1.807) is 0 Å². The first kappa shape index (κ1) is 16.9. The van der Waals surface area contributed by atoms with Crippen molar-refractivity contribution in [3.63, 3.8) is 0 Å². The SMILES string of the molecule is CCCNCCNS(=O)(=O)c1cnn(CC(F)(F)F)c1. The molecular weight excluding hydrogens is 297 g/mol. The standard InChI is InChI=1S/C10H17F3N4O2S/c1-2-3-14-4-5-16-20(18,19)9-6-15-17(7-9)8-10(11,12)13/h6-7,14,16H,2-5,8H2,1H3. The van der Waals surface area contributed by atoms with E-state index in [0.717, 1.165) is 25.4 Å². The Bertz CT molecular complexity index is 513. The van der Waals surface area contributed by atoms with Crippen LogP contribution in [0.1, 0.15) is 13.3 Å². The van der Waals surface area contributed by atoms with E-state index < -0.39 is 22.7 Å². The average molecular weight is 314 g/mol. The molecule has 0 atom stereocenters. The van der Waals surface area contributed by atoms with Crippen LogP contribution in [-0.2, 0) is 16.6 Å². The van der Waals surface area contributed by atoms with Crippen molar-refractivity contribution in [3.05, 3.63) is 12.4 Å².